The molecule has 0 radical (unpaired) electrons. The first-order valence-corrected chi connectivity index (χ1v) is 5.88. The molecule has 2 fully saturated rings. The van der Waals surface area contributed by atoms with Crippen molar-refractivity contribution < 1.29 is 4.79 Å². The van der Waals surface area contributed by atoms with Crippen LogP contribution in [0.5, 0.6) is 0 Å². The van der Waals surface area contributed by atoms with Gasteiger partial charge >= 0.3 is 0 Å². The van der Waals surface area contributed by atoms with E-state index in [2.05, 4.69) is 15.6 Å². The first-order valence-electron chi connectivity index (χ1n) is 5.88. The van der Waals surface area contributed by atoms with Crippen molar-refractivity contribution in [3.05, 3.63) is 18.2 Å². The Morgan fingerprint density at radius 1 is 1.50 bits per heavy atom. The van der Waals surface area contributed by atoms with Crippen molar-refractivity contribution in [2.75, 3.05) is 13.1 Å². The first kappa shape index (κ1) is 9.84. The number of hydrogen-bond donors (Lipinski definition) is 2. The maximum Gasteiger partial charge on any atom is 0.271 e. The molecule has 5 heteroatoms. The van der Waals surface area contributed by atoms with Gasteiger partial charge in [0.05, 0.1) is 6.33 Å². The molecule has 1 aliphatic heterocycles. The van der Waals surface area contributed by atoms with Gasteiger partial charge in [0.15, 0.2) is 0 Å². The van der Waals surface area contributed by atoms with E-state index in [1.54, 1.807) is 6.33 Å². The molecular weight excluding hydrogens is 204 g/mol. The molecule has 1 aromatic rings. The number of nitrogens with one attached hydrogen (secondary N) is 2. The van der Waals surface area contributed by atoms with Crippen LogP contribution in [0, 0.1) is 0 Å². The molecule has 0 bridgehead atoms. The Labute approximate surface area is 94.2 Å². The molecule has 1 saturated heterocycles. The van der Waals surface area contributed by atoms with Crippen molar-refractivity contribution >= 4 is 5.91 Å². The lowest BCUT2D eigenvalue weighted by molar-refractivity contribution is 0.0946. The average Bonchev–Trinajstić information content (AvgIpc) is 2.84. The van der Waals surface area contributed by atoms with E-state index >= 15 is 0 Å². The van der Waals surface area contributed by atoms with Gasteiger partial charge in [0, 0.05) is 24.8 Å². The van der Waals surface area contributed by atoms with E-state index in [1.807, 2.05) is 10.8 Å². The van der Waals surface area contributed by atoms with Gasteiger partial charge in [-0.15, -0.1) is 0 Å². The minimum atomic E-state index is -0.0350. The fourth-order valence-electron chi connectivity index (χ4n) is 2.03. The highest BCUT2D eigenvalue weighted by molar-refractivity contribution is 5.92. The molecule has 1 atom stereocenters. The van der Waals surface area contributed by atoms with E-state index in [1.165, 1.54) is 0 Å². The van der Waals surface area contributed by atoms with Gasteiger partial charge in [0.25, 0.3) is 5.91 Å². The summed E-state index contributed by atoms with van der Waals surface area (Å²) in [6.07, 6.45) is 6.95. The Bertz CT molecular complexity index is 390. The SMILES string of the molecule is O=C(NC1CC1)c1cn(C2CCNC2)cn1. The van der Waals surface area contributed by atoms with Crippen LogP contribution in [0.4, 0.5) is 0 Å². The molecule has 86 valence electrons. The van der Waals surface area contributed by atoms with Gasteiger partial charge in [-0.25, -0.2) is 4.98 Å². The van der Waals surface area contributed by atoms with Crippen molar-refractivity contribution in [2.24, 2.45) is 0 Å². The van der Waals surface area contributed by atoms with Crippen molar-refractivity contribution in [3.63, 3.8) is 0 Å². The zero-order chi connectivity index (χ0) is 11.0. The molecule has 1 aromatic heterocycles. The standard InChI is InChI=1S/C11H16N4O/c16-11(14-8-1-2-8)10-6-15(7-13-10)9-3-4-12-5-9/h6-9,12H,1-5H2,(H,14,16). The van der Waals surface area contributed by atoms with Gasteiger partial charge in [0.1, 0.15) is 5.69 Å². The summed E-state index contributed by atoms with van der Waals surface area (Å²) in [7, 11) is 0. The van der Waals surface area contributed by atoms with Crippen LogP contribution in [-0.4, -0.2) is 34.6 Å². The van der Waals surface area contributed by atoms with E-state index in [4.69, 9.17) is 0 Å². The second-order valence-electron chi connectivity index (χ2n) is 4.60. The van der Waals surface area contributed by atoms with E-state index in [0.717, 1.165) is 32.4 Å². The zero-order valence-corrected chi connectivity index (χ0v) is 9.15. The lowest BCUT2D eigenvalue weighted by Gasteiger charge is -2.08. The quantitative estimate of drug-likeness (QED) is 0.770. The van der Waals surface area contributed by atoms with Crippen LogP contribution in [0.2, 0.25) is 0 Å². The van der Waals surface area contributed by atoms with E-state index in [0.29, 0.717) is 17.8 Å². The van der Waals surface area contributed by atoms with Gasteiger partial charge in [-0.1, -0.05) is 0 Å². The number of rotatable bonds is 3. The van der Waals surface area contributed by atoms with Crippen molar-refractivity contribution in [1.82, 2.24) is 20.2 Å². The van der Waals surface area contributed by atoms with Crippen LogP contribution in [0.3, 0.4) is 0 Å². The summed E-state index contributed by atoms with van der Waals surface area (Å²) >= 11 is 0. The predicted molar refractivity (Wildman–Crippen MR) is 59.2 cm³/mol. The van der Waals surface area contributed by atoms with Gasteiger partial charge in [0.2, 0.25) is 0 Å². The third kappa shape index (κ3) is 1.95. The van der Waals surface area contributed by atoms with Crippen LogP contribution in [0.25, 0.3) is 0 Å². The Morgan fingerprint density at radius 3 is 3.06 bits per heavy atom. The van der Waals surface area contributed by atoms with Crippen LogP contribution in [-0.2, 0) is 0 Å². The first-order chi connectivity index (χ1) is 7.83. The zero-order valence-electron chi connectivity index (χ0n) is 9.15. The Morgan fingerprint density at radius 2 is 2.38 bits per heavy atom. The lowest BCUT2D eigenvalue weighted by atomic mass is 10.2. The maximum atomic E-state index is 11.7. The minimum Gasteiger partial charge on any atom is -0.348 e. The number of hydrogen-bond acceptors (Lipinski definition) is 3. The number of imidazole rings is 1. The summed E-state index contributed by atoms with van der Waals surface area (Å²) in [5.41, 5.74) is 0.541. The molecule has 16 heavy (non-hydrogen) atoms. The van der Waals surface area contributed by atoms with Gasteiger partial charge < -0.3 is 15.2 Å². The van der Waals surface area contributed by atoms with E-state index < -0.39 is 0 Å². The van der Waals surface area contributed by atoms with Crippen LogP contribution in [0.1, 0.15) is 35.8 Å². The molecule has 1 aliphatic carbocycles. The highest BCUT2D eigenvalue weighted by atomic mass is 16.2. The molecule has 1 amide bonds. The molecule has 1 saturated carbocycles. The van der Waals surface area contributed by atoms with Crippen LogP contribution < -0.4 is 10.6 Å². The summed E-state index contributed by atoms with van der Waals surface area (Å²) in [6.45, 7) is 2.02. The van der Waals surface area contributed by atoms with Gasteiger partial charge in [-0.05, 0) is 25.8 Å². The summed E-state index contributed by atoms with van der Waals surface area (Å²) in [5, 5.41) is 6.25. The number of carbonyl (C=O) groups excluding carboxylic acids is 1. The average molecular weight is 220 g/mol. The second kappa shape index (κ2) is 3.90. The monoisotopic (exact) mass is 220 g/mol. The number of amides is 1. The van der Waals surface area contributed by atoms with E-state index in [9.17, 15) is 4.79 Å². The molecule has 5 nitrogen and oxygen atoms in total. The van der Waals surface area contributed by atoms with Gasteiger partial charge in [-0.2, -0.15) is 0 Å². The summed E-state index contributed by atoms with van der Waals surface area (Å²) in [4.78, 5) is 15.9. The fourth-order valence-corrected chi connectivity index (χ4v) is 2.03. The lowest BCUT2D eigenvalue weighted by Crippen LogP contribution is -2.25. The minimum absolute atomic E-state index is 0.0350. The topological polar surface area (TPSA) is 59.0 Å². The van der Waals surface area contributed by atoms with Crippen LogP contribution in [0.15, 0.2) is 12.5 Å². The fraction of sp³-hybridized carbons (Fsp3) is 0.636. The number of aromatic nitrogens is 2. The van der Waals surface area contributed by atoms with Crippen molar-refractivity contribution in [1.29, 1.82) is 0 Å². The maximum absolute atomic E-state index is 11.7. The molecular formula is C11H16N4O. The third-order valence-corrected chi connectivity index (χ3v) is 3.20. The molecule has 0 spiro atoms. The largest absolute Gasteiger partial charge is 0.348 e. The van der Waals surface area contributed by atoms with Gasteiger partial charge in [-0.3, -0.25) is 4.79 Å². The molecule has 1 unspecified atom stereocenters. The highest BCUT2D eigenvalue weighted by Crippen LogP contribution is 2.19. The van der Waals surface area contributed by atoms with E-state index in [-0.39, 0.29) is 5.91 Å². The highest BCUT2D eigenvalue weighted by Gasteiger charge is 2.25. The normalized spacial score (nSPS) is 24.6. The third-order valence-electron chi connectivity index (χ3n) is 3.20. The molecule has 0 aromatic carbocycles. The Kier molecular flexibility index (Phi) is 2.40. The van der Waals surface area contributed by atoms with Crippen molar-refractivity contribution in [3.8, 4) is 0 Å². The molecule has 2 N–H and O–H groups in total. The summed E-state index contributed by atoms with van der Waals surface area (Å²) in [6, 6.07) is 0.848. The summed E-state index contributed by atoms with van der Waals surface area (Å²) < 4.78 is 2.04. The molecule has 2 aliphatic rings. The number of nitrogens with zero attached hydrogens (tertiary/aromatic N) is 2. The number of carbonyl (C=O) groups is 1. The summed E-state index contributed by atoms with van der Waals surface area (Å²) in [5.74, 6) is -0.0350. The van der Waals surface area contributed by atoms with Crippen LogP contribution >= 0.6 is 0 Å². The Balaban J connectivity index is 1.68. The molecule has 2 heterocycles. The smallest absolute Gasteiger partial charge is 0.271 e. The van der Waals surface area contributed by atoms with Crippen molar-refractivity contribution in [2.45, 2.75) is 31.3 Å². The molecule has 3 rings (SSSR count). The Hall–Kier alpha value is -1.36. The second-order valence-corrected chi connectivity index (χ2v) is 4.60. The predicted octanol–water partition coefficient (Wildman–Crippen LogP) is 0.310.